The van der Waals surface area contributed by atoms with E-state index >= 15 is 0 Å². The smallest absolute Gasteiger partial charge is 0.313 e. The lowest BCUT2D eigenvalue weighted by atomic mass is 9.98. The molecule has 146 valence electrons. The minimum atomic E-state index is -0.710. The summed E-state index contributed by atoms with van der Waals surface area (Å²) < 4.78 is 5.24. The van der Waals surface area contributed by atoms with Crippen LogP contribution >= 0.6 is 0 Å². The van der Waals surface area contributed by atoms with E-state index in [2.05, 4.69) is 17.6 Å². The first kappa shape index (κ1) is 19.4. The maximum Gasteiger partial charge on any atom is 0.313 e. The monoisotopic (exact) mass is 373 g/mol. The van der Waals surface area contributed by atoms with E-state index in [-0.39, 0.29) is 11.8 Å². The van der Waals surface area contributed by atoms with Crippen LogP contribution in [0.25, 0.3) is 0 Å². The summed E-state index contributed by atoms with van der Waals surface area (Å²) in [6, 6.07) is 6.67. The van der Waals surface area contributed by atoms with Gasteiger partial charge in [-0.15, -0.1) is 0 Å². The summed E-state index contributed by atoms with van der Waals surface area (Å²) in [5.74, 6) is -0.428. The van der Waals surface area contributed by atoms with E-state index in [1.54, 1.807) is 24.3 Å². The maximum absolute atomic E-state index is 12.5. The Kier molecular flexibility index (Phi) is 6.45. The van der Waals surface area contributed by atoms with Crippen LogP contribution in [0.3, 0.4) is 0 Å². The van der Waals surface area contributed by atoms with Crippen LogP contribution in [0.5, 0.6) is 0 Å². The molecular formula is C20H27N3O4. The van der Waals surface area contributed by atoms with E-state index in [1.807, 2.05) is 4.90 Å². The molecule has 3 rings (SSSR count). The van der Waals surface area contributed by atoms with E-state index in [0.29, 0.717) is 36.9 Å². The lowest BCUT2D eigenvalue weighted by molar-refractivity contribution is -0.136. The molecule has 0 bridgehead atoms. The molecule has 0 aromatic heterocycles. The molecular weight excluding hydrogens is 346 g/mol. The fraction of sp³-hybridized carbons (Fsp3) is 0.550. The Bertz CT molecular complexity index is 675. The topological polar surface area (TPSA) is 87.7 Å². The van der Waals surface area contributed by atoms with Crippen LogP contribution in [0.1, 0.15) is 36.5 Å². The number of hydrogen-bond donors (Lipinski definition) is 2. The SMILES string of the molecule is CC1CCN(C(=O)c2ccc(NC(=O)C(=O)NC[C@@H]3CCOC3)cc2)CC1. The third kappa shape index (κ3) is 5.29. The van der Waals surface area contributed by atoms with Crippen LogP contribution in [0.2, 0.25) is 0 Å². The average molecular weight is 373 g/mol. The molecule has 0 aliphatic carbocycles. The fourth-order valence-corrected chi connectivity index (χ4v) is 3.34. The summed E-state index contributed by atoms with van der Waals surface area (Å²) in [7, 11) is 0. The second-order valence-electron chi connectivity index (χ2n) is 7.45. The first-order chi connectivity index (χ1) is 13.0. The van der Waals surface area contributed by atoms with Crippen molar-refractivity contribution in [3.63, 3.8) is 0 Å². The van der Waals surface area contributed by atoms with Crippen molar-refractivity contribution in [3.8, 4) is 0 Å². The predicted molar refractivity (Wildman–Crippen MR) is 101 cm³/mol. The summed E-state index contributed by atoms with van der Waals surface area (Å²) in [6.07, 6.45) is 2.96. The number of hydrogen-bond acceptors (Lipinski definition) is 4. The molecule has 3 amide bonds. The molecule has 0 unspecified atom stereocenters. The van der Waals surface area contributed by atoms with Gasteiger partial charge in [-0.05, 0) is 49.4 Å². The molecule has 2 N–H and O–H groups in total. The van der Waals surface area contributed by atoms with Gasteiger partial charge in [0, 0.05) is 43.4 Å². The van der Waals surface area contributed by atoms with Crippen LogP contribution < -0.4 is 10.6 Å². The van der Waals surface area contributed by atoms with Gasteiger partial charge in [0.15, 0.2) is 0 Å². The number of carbonyl (C=O) groups is 3. The first-order valence-electron chi connectivity index (χ1n) is 9.59. The van der Waals surface area contributed by atoms with Crippen molar-refractivity contribution in [1.29, 1.82) is 0 Å². The van der Waals surface area contributed by atoms with Crippen LogP contribution in [0, 0.1) is 11.8 Å². The van der Waals surface area contributed by atoms with Gasteiger partial charge in [0.05, 0.1) is 6.61 Å². The summed E-state index contributed by atoms with van der Waals surface area (Å²) in [4.78, 5) is 38.3. The minimum Gasteiger partial charge on any atom is -0.381 e. The van der Waals surface area contributed by atoms with Crippen molar-refractivity contribution >= 4 is 23.4 Å². The summed E-state index contributed by atoms with van der Waals surface area (Å²) in [5, 5.41) is 5.19. The Hall–Kier alpha value is -2.41. The van der Waals surface area contributed by atoms with Gasteiger partial charge in [0.25, 0.3) is 5.91 Å². The van der Waals surface area contributed by atoms with Crippen LogP contribution in [-0.4, -0.2) is 55.5 Å². The molecule has 1 aromatic rings. The first-order valence-corrected chi connectivity index (χ1v) is 9.59. The highest BCUT2D eigenvalue weighted by Crippen LogP contribution is 2.19. The largest absolute Gasteiger partial charge is 0.381 e. The number of anilines is 1. The van der Waals surface area contributed by atoms with E-state index in [0.717, 1.165) is 32.4 Å². The number of benzene rings is 1. The zero-order valence-corrected chi connectivity index (χ0v) is 15.7. The summed E-state index contributed by atoms with van der Waals surface area (Å²) in [5.41, 5.74) is 1.08. The molecule has 1 aromatic carbocycles. The van der Waals surface area contributed by atoms with Crippen molar-refractivity contribution in [3.05, 3.63) is 29.8 Å². The lowest BCUT2D eigenvalue weighted by Crippen LogP contribution is -2.38. The fourth-order valence-electron chi connectivity index (χ4n) is 3.34. The minimum absolute atomic E-state index is 0.0105. The number of ether oxygens (including phenoxy) is 1. The number of nitrogens with one attached hydrogen (secondary N) is 2. The number of piperidine rings is 1. The Balaban J connectivity index is 1.48. The third-order valence-electron chi connectivity index (χ3n) is 5.24. The molecule has 0 spiro atoms. The number of rotatable bonds is 4. The average Bonchev–Trinajstić information content (AvgIpc) is 3.20. The van der Waals surface area contributed by atoms with E-state index in [1.165, 1.54) is 0 Å². The second-order valence-corrected chi connectivity index (χ2v) is 7.45. The summed E-state index contributed by atoms with van der Waals surface area (Å²) >= 11 is 0. The van der Waals surface area contributed by atoms with Crippen molar-refractivity contribution < 1.29 is 19.1 Å². The van der Waals surface area contributed by atoms with Gasteiger partial charge in [0.2, 0.25) is 0 Å². The van der Waals surface area contributed by atoms with E-state index < -0.39 is 11.8 Å². The van der Waals surface area contributed by atoms with Crippen LogP contribution in [-0.2, 0) is 14.3 Å². The van der Waals surface area contributed by atoms with Gasteiger partial charge >= 0.3 is 11.8 Å². The highest BCUT2D eigenvalue weighted by molar-refractivity contribution is 6.39. The highest BCUT2D eigenvalue weighted by atomic mass is 16.5. The molecule has 0 saturated carbocycles. The molecule has 2 aliphatic rings. The Morgan fingerprint density at radius 2 is 1.78 bits per heavy atom. The lowest BCUT2D eigenvalue weighted by Gasteiger charge is -2.30. The van der Waals surface area contributed by atoms with Gasteiger partial charge in [-0.1, -0.05) is 6.92 Å². The Labute approximate surface area is 159 Å². The maximum atomic E-state index is 12.5. The Morgan fingerprint density at radius 1 is 1.07 bits per heavy atom. The van der Waals surface area contributed by atoms with Crippen molar-refractivity contribution in [2.75, 3.05) is 38.2 Å². The third-order valence-corrected chi connectivity index (χ3v) is 5.24. The number of amides is 3. The molecule has 2 aliphatic heterocycles. The zero-order valence-electron chi connectivity index (χ0n) is 15.7. The highest BCUT2D eigenvalue weighted by Gasteiger charge is 2.22. The van der Waals surface area contributed by atoms with Crippen molar-refractivity contribution in [2.45, 2.75) is 26.2 Å². The molecule has 2 saturated heterocycles. The normalized spacial score (nSPS) is 20.3. The number of likely N-dealkylation sites (tertiary alicyclic amines) is 1. The second kappa shape index (κ2) is 8.99. The number of carbonyl (C=O) groups excluding carboxylic acids is 3. The van der Waals surface area contributed by atoms with Crippen molar-refractivity contribution in [1.82, 2.24) is 10.2 Å². The van der Waals surface area contributed by atoms with Crippen LogP contribution in [0.15, 0.2) is 24.3 Å². The van der Waals surface area contributed by atoms with E-state index in [4.69, 9.17) is 4.74 Å². The molecule has 7 nitrogen and oxygen atoms in total. The molecule has 27 heavy (non-hydrogen) atoms. The van der Waals surface area contributed by atoms with Crippen LogP contribution in [0.4, 0.5) is 5.69 Å². The quantitative estimate of drug-likeness (QED) is 0.786. The standard InChI is InChI=1S/C20H27N3O4/c1-14-6-9-23(10-7-14)20(26)16-2-4-17(5-3-16)22-19(25)18(24)21-12-15-8-11-27-13-15/h2-5,14-15H,6-13H2,1H3,(H,21,24)(H,22,25)/t15-/m0/s1. The van der Waals surface area contributed by atoms with Gasteiger partial charge in [-0.2, -0.15) is 0 Å². The molecule has 1 atom stereocenters. The molecule has 7 heteroatoms. The zero-order chi connectivity index (χ0) is 19.2. The summed E-state index contributed by atoms with van der Waals surface area (Å²) in [6.45, 7) is 5.53. The van der Waals surface area contributed by atoms with Gasteiger partial charge < -0.3 is 20.3 Å². The number of nitrogens with zero attached hydrogens (tertiary/aromatic N) is 1. The predicted octanol–water partition coefficient (Wildman–Crippen LogP) is 1.65. The van der Waals surface area contributed by atoms with Gasteiger partial charge in [-0.3, -0.25) is 14.4 Å². The molecule has 0 radical (unpaired) electrons. The molecule has 2 heterocycles. The van der Waals surface area contributed by atoms with E-state index in [9.17, 15) is 14.4 Å². The van der Waals surface area contributed by atoms with Gasteiger partial charge in [-0.25, -0.2) is 0 Å². The van der Waals surface area contributed by atoms with Crippen molar-refractivity contribution in [2.24, 2.45) is 11.8 Å². The Morgan fingerprint density at radius 3 is 2.41 bits per heavy atom. The molecule has 2 fully saturated rings. The van der Waals surface area contributed by atoms with Gasteiger partial charge in [0.1, 0.15) is 0 Å².